The molecule has 0 N–H and O–H groups in total. The maximum absolute atomic E-state index is 12.9. The zero-order valence-corrected chi connectivity index (χ0v) is 14.1. The van der Waals surface area contributed by atoms with Gasteiger partial charge in [0.25, 0.3) is 5.91 Å². The maximum atomic E-state index is 12.9. The number of nitrogens with zero attached hydrogens (tertiary/aromatic N) is 3. The van der Waals surface area contributed by atoms with Crippen LogP contribution in [0.2, 0.25) is 0 Å². The highest BCUT2D eigenvalue weighted by Gasteiger charge is 2.48. The number of anilines is 1. The van der Waals surface area contributed by atoms with E-state index in [0.717, 1.165) is 31.8 Å². The molecule has 6 nitrogen and oxygen atoms in total. The van der Waals surface area contributed by atoms with E-state index in [1.807, 2.05) is 31.2 Å². The first-order valence-electron chi connectivity index (χ1n) is 8.54. The van der Waals surface area contributed by atoms with Gasteiger partial charge in [0, 0.05) is 25.7 Å². The van der Waals surface area contributed by atoms with Gasteiger partial charge in [-0.25, -0.2) is 4.90 Å². The summed E-state index contributed by atoms with van der Waals surface area (Å²) in [6.45, 7) is 5.15. The lowest BCUT2D eigenvalue weighted by Crippen LogP contribution is -2.48. The Morgan fingerprint density at radius 3 is 2.58 bits per heavy atom. The van der Waals surface area contributed by atoms with Crippen molar-refractivity contribution in [1.82, 2.24) is 9.80 Å². The zero-order valence-electron chi connectivity index (χ0n) is 14.1. The van der Waals surface area contributed by atoms with Crippen molar-refractivity contribution in [1.29, 1.82) is 0 Å². The van der Waals surface area contributed by atoms with Crippen LogP contribution in [0.15, 0.2) is 24.3 Å². The summed E-state index contributed by atoms with van der Waals surface area (Å²) in [6, 6.07) is 7.49. The van der Waals surface area contributed by atoms with Crippen molar-refractivity contribution in [3.05, 3.63) is 29.8 Å². The highest BCUT2D eigenvalue weighted by molar-refractivity contribution is 6.22. The summed E-state index contributed by atoms with van der Waals surface area (Å²) in [5.74, 6) is -0.219. The van der Waals surface area contributed by atoms with E-state index < -0.39 is 0 Å². The van der Waals surface area contributed by atoms with Crippen LogP contribution in [0.1, 0.15) is 12.0 Å². The van der Waals surface area contributed by atoms with Crippen molar-refractivity contribution in [3.63, 3.8) is 0 Å². The molecule has 3 aliphatic heterocycles. The van der Waals surface area contributed by atoms with Gasteiger partial charge in [0.2, 0.25) is 5.91 Å². The number of carbonyl (C=O) groups excluding carboxylic acids is 2. The van der Waals surface area contributed by atoms with Crippen molar-refractivity contribution in [3.8, 4) is 0 Å². The SMILES string of the molecule is Cc1ccc(N2C(=O)CC(N3C[C@H]4OCCN(C)[C@H]4C3)C2=O)cc1. The van der Waals surface area contributed by atoms with E-state index in [-0.39, 0.29) is 30.4 Å². The summed E-state index contributed by atoms with van der Waals surface area (Å²) in [4.78, 5) is 31.1. The summed E-state index contributed by atoms with van der Waals surface area (Å²) in [6.07, 6.45) is 0.399. The topological polar surface area (TPSA) is 53.1 Å². The molecule has 0 bridgehead atoms. The molecule has 24 heavy (non-hydrogen) atoms. The summed E-state index contributed by atoms with van der Waals surface area (Å²) in [5.41, 5.74) is 1.78. The monoisotopic (exact) mass is 329 g/mol. The van der Waals surface area contributed by atoms with Crippen LogP contribution in [0.5, 0.6) is 0 Å². The van der Waals surface area contributed by atoms with Gasteiger partial charge >= 0.3 is 0 Å². The number of amides is 2. The van der Waals surface area contributed by atoms with Crippen LogP contribution < -0.4 is 4.90 Å². The van der Waals surface area contributed by atoms with Crippen molar-refractivity contribution in [2.24, 2.45) is 0 Å². The first-order chi connectivity index (χ1) is 11.5. The number of ether oxygens (including phenoxy) is 1. The van der Waals surface area contributed by atoms with Crippen LogP contribution >= 0.6 is 0 Å². The van der Waals surface area contributed by atoms with Crippen molar-refractivity contribution in [2.75, 3.05) is 38.2 Å². The van der Waals surface area contributed by atoms with E-state index in [1.165, 1.54) is 4.90 Å². The molecule has 6 heteroatoms. The molecule has 3 atom stereocenters. The average molecular weight is 329 g/mol. The van der Waals surface area contributed by atoms with Gasteiger partial charge in [-0.1, -0.05) is 17.7 Å². The number of benzene rings is 1. The molecule has 0 aliphatic carbocycles. The Morgan fingerprint density at radius 1 is 1.12 bits per heavy atom. The molecule has 0 saturated carbocycles. The molecule has 1 aromatic rings. The van der Waals surface area contributed by atoms with Gasteiger partial charge in [-0.2, -0.15) is 0 Å². The largest absolute Gasteiger partial charge is 0.374 e. The van der Waals surface area contributed by atoms with Gasteiger partial charge in [-0.05, 0) is 26.1 Å². The lowest BCUT2D eigenvalue weighted by Gasteiger charge is -2.33. The fraction of sp³-hybridized carbons (Fsp3) is 0.556. The molecule has 3 saturated heterocycles. The summed E-state index contributed by atoms with van der Waals surface area (Å²) < 4.78 is 5.86. The molecule has 0 spiro atoms. The van der Waals surface area contributed by atoms with Crippen LogP contribution in [0, 0.1) is 6.92 Å². The standard InChI is InChI=1S/C18H23N3O3/c1-12-3-5-13(6-4-12)21-17(22)9-14(18(21)23)20-10-15-16(11-20)24-8-7-19(15)2/h3-6,14-16H,7-11H2,1-2H3/t14?,15-,16+/m0/s1. The van der Waals surface area contributed by atoms with Crippen molar-refractivity contribution in [2.45, 2.75) is 31.5 Å². The summed E-state index contributed by atoms with van der Waals surface area (Å²) >= 11 is 0. The molecule has 2 amide bonds. The molecule has 1 unspecified atom stereocenters. The number of morpholine rings is 1. The molecular formula is C18H23N3O3. The van der Waals surface area contributed by atoms with Crippen molar-refractivity contribution < 1.29 is 14.3 Å². The van der Waals surface area contributed by atoms with Gasteiger partial charge in [0.15, 0.2) is 0 Å². The molecule has 3 heterocycles. The molecule has 4 rings (SSSR count). The van der Waals surface area contributed by atoms with Gasteiger partial charge in [-0.3, -0.25) is 19.4 Å². The number of likely N-dealkylation sites (N-methyl/N-ethyl adjacent to an activating group) is 1. The van der Waals surface area contributed by atoms with E-state index in [0.29, 0.717) is 11.7 Å². The minimum Gasteiger partial charge on any atom is -0.374 e. The van der Waals surface area contributed by atoms with E-state index in [1.54, 1.807) is 0 Å². The fourth-order valence-corrected chi connectivity index (χ4v) is 4.01. The van der Waals surface area contributed by atoms with Crippen LogP contribution in [0.25, 0.3) is 0 Å². The van der Waals surface area contributed by atoms with E-state index in [2.05, 4.69) is 16.8 Å². The number of aryl methyl sites for hydroxylation is 1. The van der Waals surface area contributed by atoms with Crippen molar-refractivity contribution >= 4 is 17.5 Å². The van der Waals surface area contributed by atoms with Crippen LogP contribution in [0.4, 0.5) is 5.69 Å². The first kappa shape index (κ1) is 15.7. The quantitative estimate of drug-likeness (QED) is 0.746. The second-order valence-electron chi connectivity index (χ2n) is 7.03. The third-order valence-corrected chi connectivity index (χ3v) is 5.46. The van der Waals surface area contributed by atoms with Gasteiger partial charge in [0.05, 0.1) is 30.9 Å². The minimum atomic E-state index is -0.360. The molecular weight excluding hydrogens is 306 g/mol. The highest BCUT2D eigenvalue weighted by atomic mass is 16.5. The molecule has 128 valence electrons. The Kier molecular flexibility index (Phi) is 3.90. The lowest BCUT2D eigenvalue weighted by atomic mass is 10.1. The second-order valence-corrected chi connectivity index (χ2v) is 7.03. The number of imide groups is 1. The van der Waals surface area contributed by atoms with Crippen LogP contribution in [-0.2, 0) is 14.3 Å². The minimum absolute atomic E-state index is 0.106. The third kappa shape index (κ3) is 2.55. The molecule has 3 fully saturated rings. The van der Waals surface area contributed by atoms with Gasteiger partial charge in [-0.15, -0.1) is 0 Å². The summed E-state index contributed by atoms with van der Waals surface area (Å²) in [7, 11) is 2.10. The predicted octanol–water partition coefficient (Wildman–Crippen LogP) is 0.642. The number of hydrogen-bond donors (Lipinski definition) is 0. The first-order valence-corrected chi connectivity index (χ1v) is 8.54. The number of hydrogen-bond acceptors (Lipinski definition) is 5. The Morgan fingerprint density at radius 2 is 1.88 bits per heavy atom. The predicted molar refractivity (Wildman–Crippen MR) is 89.8 cm³/mol. The average Bonchev–Trinajstić information content (AvgIpc) is 3.11. The van der Waals surface area contributed by atoms with Crippen LogP contribution in [0.3, 0.4) is 0 Å². The molecule has 0 radical (unpaired) electrons. The Bertz CT molecular complexity index is 660. The molecule has 1 aromatic carbocycles. The molecule has 0 aromatic heterocycles. The highest BCUT2D eigenvalue weighted by Crippen LogP contribution is 2.30. The second kappa shape index (κ2) is 5.95. The Labute approximate surface area is 142 Å². The third-order valence-electron chi connectivity index (χ3n) is 5.46. The van der Waals surface area contributed by atoms with Gasteiger partial charge < -0.3 is 4.74 Å². The normalized spacial score (nSPS) is 31.8. The van der Waals surface area contributed by atoms with E-state index in [9.17, 15) is 9.59 Å². The van der Waals surface area contributed by atoms with Crippen LogP contribution in [-0.4, -0.2) is 73.1 Å². The Balaban J connectivity index is 1.52. The summed E-state index contributed by atoms with van der Waals surface area (Å²) in [5, 5.41) is 0. The number of likely N-dealkylation sites (tertiary alicyclic amines) is 1. The van der Waals surface area contributed by atoms with E-state index in [4.69, 9.17) is 4.74 Å². The lowest BCUT2D eigenvalue weighted by molar-refractivity contribution is -0.122. The maximum Gasteiger partial charge on any atom is 0.251 e. The fourth-order valence-electron chi connectivity index (χ4n) is 4.01. The zero-order chi connectivity index (χ0) is 16.8. The molecule has 3 aliphatic rings. The Hall–Kier alpha value is -1.76. The van der Waals surface area contributed by atoms with Gasteiger partial charge in [0.1, 0.15) is 0 Å². The smallest absolute Gasteiger partial charge is 0.251 e. The number of fused-ring (bicyclic) bond motifs is 1. The number of rotatable bonds is 2. The number of carbonyl (C=O) groups is 2. The van der Waals surface area contributed by atoms with E-state index >= 15 is 0 Å².